The standard InChI is InChI=1S/C21H18F6N4O2/c1-4-31-18(12-6-5-10(17(28)32)7-13(12)21(25,26)27)29-30-19(31)20(2,3)33-16-14(23)8-11(22)9-15(16)24/h5-9H,4H2,1-3H3,(H2,28,32). The van der Waals surface area contributed by atoms with Crippen LogP contribution in [0.2, 0.25) is 0 Å². The molecule has 0 aliphatic carbocycles. The Labute approximate surface area is 184 Å². The molecule has 0 radical (unpaired) electrons. The Morgan fingerprint density at radius 2 is 1.67 bits per heavy atom. The fourth-order valence-corrected chi connectivity index (χ4v) is 3.30. The minimum Gasteiger partial charge on any atom is -0.474 e. The van der Waals surface area contributed by atoms with E-state index in [0.29, 0.717) is 18.2 Å². The maximum Gasteiger partial charge on any atom is 0.417 e. The number of carbonyl (C=O) groups is 1. The van der Waals surface area contributed by atoms with Crippen molar-refractivity contribution in [2.24, 2.45) is 5.73 Å². The van der Waals surface area contributed by atoms with Gasteiger partial charge in [-0.05, 0) is 39.0 Å². The van der Waals surface area contributed by atoms with Gasteiger partial charge in [0, 0.05) is 29.8 Å². The molecule has 2 N–H and O–H groups in total. The summed E-state index contributed by atoms with van der Waals surface area (Å²) in [5.41, 5.74) is 1.61. The average Bonchev–Trinajstić information content (AvgIpc) is 3.14. The molecule has 3 rings (SSSR count). The number of nitrogens with zero attached hydrogens (tertiary/aromatic N) is 3. The number of rotatable bonds is 6. The summed E-state index contributed by atoms with van der Waals surface area (Å²) in [6.45, 7) is 4.40. The van der Waals surface area contributed by atoms with Crippen LogP contribution >= 0.6 is 0 Å². The molecule has 2 aromatic carbocycles. The van der Waals surface area contributed by atoms with Gasteiger partial charge < -0.3 is 15.0 Å². The Morgan fingerprint density at radius 1 is 1.06 bits per heavy atom. The van der Waals surface area contributed by atoms with Gasteiger partial charge in [-0.15, -0.1) is 10.2 Å². The zero-order valence-electron chi connectivity index (χ0n) is 17.6. The third-order valence-electron chi connectivity index (χ3n) is 4.78. The number of amides is 1. The highest BCUT2D eigenvalue weighted by molar-refractivity contribution is 5.93. The molecule has 0 spiro atoms. The predicted octanol–water partition coefficient (Wildman–Crippen LogP) is 4.81. The highest BCUT2D eigenvalue weighted by Gasteiger charge is 2.38. The fraction of sp³-hybridized carbons (Fsp3) is 0.286. The first-order valence-electron chi connectivity index (χ1n) is 9.55. The van der Waals surface area contributed by atoms with E-state index in [1.54, 1.807) is 6.92 Å². The smallest absolute Gasteiger partial charge is 0.417 e. The van der Waals surface area contributed by atoms with E-state index < -0.39 is 46.4 Å². The van der Waals surface area contributed by atoms with Crippen LogP contribution in [-0.2, 0) is 18.3 Å². The second-order valence-electron chi connectivity index (χ2n) is 7.52. The molecule has 0 atom stereocenters. The first kappa shape index (κ1) is 24.1. The highest BCUT2D eigenvalue weighted by atomic mass is 19.4. The van der Waals surface area contributed by atoms with E-state index in [1.165, 1.54) is 18.4 Å². The van der Waals surface area contributed by atoms with Crippen LogP contribution in [0, 0.1) is 17.5 Å². The Balaban J connectivity index is 2.13. The second kappa shape index (κ2) is 8.41. The van der Waals surface area contributed by atoms with Gasteiger partial charge in [0.15, 0.2) is 34.6 Å². The molecule has 0 aliphatic rings. The summed E-state index contributed by atoms with van der Waals surface area (Å²) in [6, 6.07) is 3.62. The number of nitrogens with two attached hydrogens (primary N) is 1. The molecule has 33 heavy (non-hydrogen) atoms. The van der Waals surface area contributed by atoms with Crippen LogP contribution < -0.4 is 10.5 Å². The lowest BCUT2D eigenvalue weighted by Crippen LogP contribution is -2.30. The van der Waals surface area contributed by atoms with Gasteiger partial charge in [-0.1, -0.05) is 0 Å². The first-order valence-corrected chi connectivity index (χ1v) is 9.55. The van der Waals surface area contributed by atoms with Crippen molar-refractivity contribution in [3.63, 3.8) is 0 Å². The van der Waals surface area contributed by atoms with Crippen molar-refractivity contribution in [3.05, 3.63) is 64.7 Å². The fourth-order valence-electron chi connectivity index (χ4n) is 3.30. The monoisotopic (exact) mass is 472 g/mol. The molecule has 0 aliphatic heterocycles. The minimum atomic E-state index is -4.85. The second-order valence-corrected chi connectivity index (χ2v) is 7.52. The van der Waals surface area contributed by atoms with E-state index in [4.69, 9.17) is 10.5 Å². The number of alkyl halides is 3. The number of carbonyl (C=O) groups excluding carboxylic acids is 1. The van der Waals surface area contributed by atoms with Gasteiger partial charge in [-0.2, -0.15) is 13.2 Å². The topological polar surface area (TPSA) is 83.0 Å². The quantitative estimate of drug-likeness (QED) is 0.522. The lowest BCUT2D eigenvalue weighted by atomic mass is 10.0. The molecule has 0 unspecified atom stereocenters. The van der Waals surface area contributed by atoms with Gasteiger partial charge in [0.05, 0.1) is 5.56 Å². The molecule has 1 heterocycles. The van der Waals surface area contributed by atoms with Crippen LogP contribution in [0.5, 0.6) is 5.75 Å². The summed E-state index contributed by atoms with van der Waals surface area (Å²) in [5.74, 6) is -5.93. The lowest BCUT2D eigenvalue weighted by molar-refractivity contribution is -0.137. The zero-order chi connectivity index (χ0) is 24.7. The van der Waals surface area contributed by atoms with Gasteiger partial charge in [0.25, 0.3) is 0 Å². The van der Waals surface area contributed by atoms with Crippen LogP contribution in [-0.4, -0.2) is 20.7 Å². The van der Waals surface area contributed by atoms with Gasteiger partial charge in [-0.3, -0.25) is 4.79 Å². The Bertz CT molecular complexity index is 1200. The van der Waals surface area contributed by atoms with Crippen molar-refractivity contribution in [2.75, 3.05) is 0 Å². The van der Waals surface area contributed by atoms with E-state index in [9.17, 15) is 31.1 Å². The largest absolute Gasteiger partial charge is 0.474 e. The molecule has 3 aromatic rings. The van der Waals surface area contributed by atoms with E-state index in [-0.39, 0.29) is 29.3 Å². The van der Waals surface area contributed by atoms with Crippen molar-refractivity contribution in [1.29, 1.82) is 0 Å². The molecule has 6 nitrogen and oxygen atoms in total. The third kappa shape index (κ3) is 4.64. The summed E-state index contributed by atoms with van der Waals surface area (Å²) < 4.78 is 89.2. The van der Waals surface area contributed by atoms with Crippen molar-refractivity contribution in [1.82, 2.24) is 14.8 Å². The average molecular weight is 472 g/mol. The Morgan fingerprint density at radius 3 is 2.18 bits per heavy atom. The van der Waals surface area contributed by atoms with E-state index in [0.717, 1.165) is 12.1 Å². The molecule has 0 fully saturated rings. The summed E-state index contributed by atoms with van der Waals surface area (Å²) in [4.78, 5) is 11.4. The molecule has 176 valence electrons. The van der Waals surface area contributed by atoms with E-state index in [1.807, 2.05) is 0 Å². The van der Waals surface area contributed by atoms with E-state index in [2.05, 4.69) is 10.2 Å². The lowest BCUT2D eigenvalue weighted by Gasteiger charge is -2.26. The number of hydrogen-bond acceptors (Lipinski definition) is 4. The molecule has 0 saturated heterocycles. The van der Waals surface area contributed by atoms with Crippen LogP contribution in [0.4, 0.5) is 26.3 Å². The minimum absolute atomic E-state index is 0.0461. The van der Waals surface area contributed by atoms with Crippen LogP contribution in [0.25, 0.3) is 11.4 Å². The Hall–Kier alpha value is -3.57. The van der Waals surface area contributed by atoms with Crippen molar-refractivity contribution in [2.45, 2.75) is 39.1 Å². The normalized spacial score (nSPS) is 12.2. The van der Waals surface area contributed by atoms with E-state index >= 15 is 0 Å². The van der Waals surface area contributed by atoms with Gasteiger partial charge in [-0.25, -0.2) is 13.2 Å². The predicted molar refractivity (Wildman–Crippen MR) is 105 cm³/mol. The number of benzene rings is 2. The summed E-state index contributed by atoms with van der Waals surface area (Å²) in [6.07, 6.45) is -4.85. The van der Waals surface area contributed by atoms with Crippen LogP contribution in [0.3, 0.4) is 0 Å². The maximum atomic E-state index is 14.1. The molecular formula is C21H18F6N4O2. The molecule has 12 heteroatoms. The molecule has 0 bridgehead atoms. The van der Waals surface area contributed by atoms with Crippen molar-refractivity contribution in [3.8, 4) is 17.1 Å². The third-order valence-corrected chi connectivity index (χ3v) is 4.78. The highest BCUT2D eigenvalue weighted by Crippen LogP contribution is 2.39. The van der Waals surface area contributed by atoms with Crippen LogP contribution in [0.1, 0.15) is 42.5 Å². The Kier molecular flexibility index (Phi) is 6.14. The number of hydrogen-bond donors (Lipinski definition) is 1. The number of aromatic nitrogens is 3. The number of primary amides is 1. The van der Waals surface area contributed by atoms with Gasteiger partial charge in [0.1, 0.15) is 5.82 Å². The zero-order valence-corrected chi connectivity index (χ0v) is 17.6. The SMILES string of the molecule is CCn1c(-c2ccc(C(N)=O)cc2C(F)(F)F)nnc1C(C)(C)Oc1c(F)cc(F)cc1F. The van der Waals surface area contributed by atoms with Gasteiger partial charge in [0.2, 0.25) is 5.91 Å². The number of ether oxygens (including phenoxy) is 1. The maximum absolute atomic E-state index is 14.1. The molecule has 0 saturated carbocycles. The van der Waals surface area contributed by atoms with Crippen molar-refractivity contribution < 1.29 is 35.9 Å². The molecule has 1 amide bonds. The summed E-state index contributed by atoms with van der Waals surface area (Å²) >= 11 is 0. The molecular weight excluding hydrogens is 454 g/mol. The summed E-state index contributed by atoms with van der Waals surface area (Å²) in [7, 11) is 0. The van der Waals surface area contributed by atoms with Gasteiger partial charge >= 0.3 is 6.18 Å². The first-order chi connectivity index (χ1) is 15.3. The number of halogens is 6. The molecule has 1 aromatic heterocycles. The van der Waals surface area contributed by atoms with Crippen LogP contribution in [0.15, 0.2) is 30.3 Å². The van der Waals surface area contributed by atoms with Crippen molar-refractivity contribution >= 4 is 5.91 Å². The summed E-state index contributed by atoms with van der Waals surface area (Å²) in [5, 5.41) is 7.74.